The van der Waals surface area contributed by atoms with Crippen LogP contribution < -0.4 is 5.48 Å². The third-order valence-electron chi connectivity index (χ3n) is 5.18. The average molecular weight is 489 g/mol. The Balaban J connectivity index is 0.00000385. The minimum atomic E-state index is -3.81. The van der Waals surface area contributed by atoms with Crippen LogP contribution in [0.2, 0.25) is 0 Å². The predicted octanol–water partition coefficient (Wildman–Crippen LogP) is 3.65. The van der Waals surface area contributed by atoms with Crippen molar-refractivity contribution in [2.75, 3.05) is 5.75 Å². The number of halogens is 1. The maximum Gasteiger partial charge on any atom is 0.247 e. The molecule has 0 saturated carbocycles. The van der Waals surface area contributed by atoms with E-state index >= 15 is 0 Å². The van der Waals surface area contributed by atoms with Crippen LogP contribution in [0.1, 0.15) is 34.3 Å². The van der Waals surface area contributed by atoms with E-state index in [0.29, 0.717) is 30.4 Å². The number of hydroxylamine groups is 1. The first-order valence-corrected chi connectivity index (χ1v) is 11.8. The fourth-order valence-corrected chi connectivity index (χ4v) is 5.01. The maximum atomic E-state index is 12.9. The summed E-state index contributed by atoms with van der Waals surface area (Å²) in [6.07, 6.45) is 4.62. The highest BCUT2D eigenvalue weighted by Crippen LogP contribution is 2.20. The van der Waals surface area contributed by atoms with Gasteiger partial charge in [-0.15, -0.1) is 12.4 Å². The van der Waals surface area contributed by atoms with Crippen LogP contribution in [0.25, 0.3) is 0 Å². The van der Waals surface area contributed by atoms with E-state index in [1.165, 1.54) is 36.7 Å². The van der Waals surface area contributed by atoms with E-state index in [9.17, 15) is 18.0 Å². The van der Waals surface area contributed by atoms with Gasteiger partial charge in [0.25, 0.3) is 0 Å². The van der Waals surface area contributed by atoms with E-state index < -0.39 is 27.4 Å². The van der Waals surface area contributed by atoms with Crippen molar-refractivity contribution in [3.05, 3.63) is 95.8 Å². The Morgan fingerprint density at radius 3 is 2.12 bits per heavy atom. The lowest BCUT2D eigenvalue weighted by atomic mass is 10.0. The number of hydrogen-bond donors (Lipinski definition) is 2. The second-order valence-electron chi connectivity index (χ2n) is 7.42. The lowest BCUT2D eigenvalue weighted by Gasteiger charge is -2.15. The van der Waals surface area contributed by atoms with Crippen LogP contribution >= 0.6 is 12.4 Å². The number of nitrogens with zero attached hydrogens (tertiary/aromatic N) is 1. The van der Waals surface area contributed by atoms with Gasteiger partial charge in [0, 0.05) is 23.5 Å². The standard InChI is InChI=1S/C24H24N2O5S.ClH/c27-23(20-13-15-25-16-14-20)19-9-11-22(12-10-19)32(30,31)17-21(24(28)26-29)8-4-7-18-5-2-1-3-6-18;/h1-3,5-6,9-16,21,29H,4,7-8,17H2,(H,26,28);1H. The lowest BCUT2D eigenvalue weighted by molar-refractivity contribution is -0.132. The van der Waals surface area contributed by atoms with E-state index in [1.807, 2.05) is 30.3 Å². The molecule has 1 unspecified atom stereocenters. The molecule has 0 aliphatic rings. The molecule has 0 spiro atoms. The van der Waals surface area contributed by atoms with Crippen LogP contribution in [0.3, 0.4) is 0 Å². The van der Waals surface area contributed by atoms with Crippen LogP contribution in [0.5, 0.6) is 0 Å². The van der Waals surface area contributed by atoms with Crippen LogP contribution in [0.15, 0.2) is 84.0 Å². The molecule has 174 valence electrons. The van der Waals surface area contributed by atoms with Crippen molar-refractivity contribution >= 4 is 33.9 Å². The van der Waals surface area contributed by atoms with Gasteiger partial charge in [-0.1, -0.05) is 30.3 Å². The summed E-state index contributed by atoms with van der Waals surface area (Å²) in [5.41, 5.74) is 3.47. The number of sulfone groups is 1. The minimum absolute atomic E-state index is 0. The molecule has 33 heavy (non-hydrogen) atoms. The second-order valence-corrected chi connectivity index (χ2v) is 9.46. The number of rotatable bonds is 10. The van der Waals surface area contributed by atoms with Gasteiger partial charge in [-0.3, -0.25) is 19.8 Å². The second kappa shape index (κ2) is 12.2. The molecule has 7 nitrogen and oxygen atoms in total. The molecular weight excluding hydrogens is 464 g/mol. The van der Waals surface area contributed by atoms with Crippen LogP contribution in [-0.2, 0) is 21.1 Å². The van der Waals surface area contributed by atoms with Gasteiger partial charge < -0.3 is 0 Å². The zero-order valence-corrected chi connectivity index (χ0v) is 19.4. The number of carbonyl (C=O) groups is 2. The van der Waals surface area contributed by atoms with E-state index in [-0.39, 0.29) is 23.1 Å². The predicted molar refractivity (Wildman–Crippen MR) is 126 cm³/mol. The summed E-state index contributed by atoms with van der Waals surface area (Å²) in [5, 5.41) is 9.06. The summed E-state index contributed by atoms with van der Waals surface area (Å²) >= 11 is 0. The maximum absolute atomic E-state index is 12.9. The molecule has 2 aromatic carbocycles. The van der Waals surface area contributed by atoms with Gasteiger partial charge in [0.2, 0.25) is 5.91 Å². The number of nitrogens with one attached hydrogen (secondary N) is 1. The van der Waals surface area contributed by atoms with Crippen molar-refractivity contribution < 1.29 is 23.2 Å². The zero-order chi connectivity index (χ0) is 23.0. The molecule has 3 rings (SSSR count). The minimum Gasteiger partial charge on any atom is -0.289 e. The van der Waals surface area contributed by atoms with Crippen molar-refractivity contribution in [1.29, 1.82) is 0 Å². The fourth-order valence-electron chi connectivity index (χ4n) is 3.42. The third-order valence-corrected chi connectivity index (χ3v) is 7.01. The highest BCUT2D eigenvalue weighted by atomic mass is 35.5. The van der Waals surface area contributed by atoms with Gasteiger partial charge >= 0.3 is 0 Å². The largest absolute Gasteiger partial charge is 0.289 e. The summed E-state index contributed by atoms with van der Waals surface area (Å²) in [4.78, 5) is 28.5. The first-order valence-electron chi connectivity index (χ1n) is 10.2. The molecule has 0 aliphatic heterocycles. The van der Waals surface area contributed by atoms with Gasteiger partial charge in [-0.2, -0.15) is 0 Å². The number of aryl methyl sites for hydroxylation is 1. The molecule has 0 fully saturated rings. The van der Waals surface area contributed by atoms with Gasteiger partial charge in [-0.25, -0.2) is 13.9 Å². The number of benzene rings is 2. The van der Waals surface area contributed by atoms with Crippen LogP contribution in [0, 0.1) is 5.92 Å². The molecule has 0 bridgehead atoms. The Bertz CT molecular complexity index is 1150. The van der Waals surface area contributed by atoms with Crippen molar-refractivity contribution in [3.8, 4) is 0 Å². The highest BCUT2D eigenvalue weighted by molar-refractivity contribution is 7.91. The van der Waals surface area contributed by atoms with Gasteiger partial charge in [0.05, 0.1) is 16.6 Å². The van der Waals surface area contributed by atoms with E-state index in [1.54, 1.807) is 17.6 Å². The van der Waals surface area contributed by atoms with Gasteiger partial charge in [0.15, 0.2) is 15.6 Å². The zero-order valence-electron chi connectivity index (χ0n) is 17.8. The Morgan fingerprint density at radius 1 is 0.909 bits per heavy atom. The Labute approximate surface area is 199 Å². The monoisotopic (exact) mass is 488 g/mol. The summed E-state index contributed by atoms with van der Waals surface area (Å²) in [5.74, 6) is -2.31. The van der Waals surface area contributed by atoms with Crippen molar-refractivity contribution in [2.45, 2.75) is 24.2 Å². The normalized spacial score (nSPS) is 11.8. The summed E-state index contributed by atoms with van der Waals surface area (Å²) in [6, 6.07) is 18.5. The molecule has 1 atom stereocenters. The first-order chi connectivity index (χ1) is 15.4. The molecule has 0 saturated heterocycles. The molecule has 1 aromatic heterocycles. The highest BCUT2D eigenvalue weighted by Gasteiger charge is 2.26. The lowest BCUT2D eigenvalue weighted by Crippen LogP contribution is -2.33. The van der Waals surface area contributed by atoms with E-state index in [4.69, 9.17) is 5.21 Å². The molecule has 9 heteroatoms. The molecule has 2 N–H and O–H groups in total. The van der Waals surface area contributed by atoms with E-state index in [2.05, 4.69) is 4.98 Å². The smallest absolute Gasteiger partial charge is 0.247 e. The molecular formula is C24H25ClN2O5S. The van der Waals surface area contributed by atoms with Crippen molar-refractivity contribution in [1.82, 2.24) is 10.5 Å². The summed E-state index contributed by atoms with van der Waals surface area (Å²) < 4.78 is 25.8. The van der Waals surface area contributed by atoms with Gasteiger partial charge in [0.1, 0.15) is 0 Å². The Morgan fingerprint density at radius 2 is 1.52 bits per heavy atom. The number of ketones is 1. The topological polar surface area (TPSA) is 113 Å². The summed E-state index contributed by atoms with van der Waals surface area (Å²) in [7, 11) is -3.81. The van der Waals surface area contributed by atoms with Crippen molar-refractivity contribution in [2.24, 2.45) is 5.92 Å². The number of hydrogen-bond acceptors (Lipinski definition) is 6. The molecule has 3 aromatic rings. The molecule has 0 aliphatic carbocycles. The quantitative estimate of drug-likeness (QED) is 0.256. The number of aromatic nitrogens is 1. The SMILES string of the molecule is Cl.O=C(c1ccncc1)c1ccc(S(=O)(=O)CC(CCCc2ccccc2)C(=O)NO)cc1. The van der Waals surface area contributed by atoms with Crippen LogP contribution in [0.4, 0.5) is 0 Å². The fraction of sp³-hybridized carbons (Fsp3) is 0.208. The molecule has 1 heterocycles. The van der Waals surface area contributed by atoms with Gasteiger partial charge in [-0.05, 0) is 61.2 Å². The van der Waals surface area contributed by atoms with Crippen LogP contribution in [-0.4, -0.2) is 36.1 Å². The Hall–Kier alpha value is -3.07. The first kappa shape index (κ1) is 26.2. The summed E-state index contributed by atoms with van der Waals surface area (Å²) in [6.45, 7) is 0. The van der Waals surface area contributed by atoms with Crippen molar-refractivity contribution in [3.63, 3.8) is 0 Å². The number of carbonyl (C=O) groups excluding carboxylic acids is 2. The molecule has 0 radical (unpaired) electrons. The third kappa shape index (κ3) is 7.21. The average Bonchev–Trinajstić information content (AvgIpc) is 2.83. The Kier molecular flexibility index (Phi) is 9.72. The number of amides is 1. The number of pyridine rings is 1. The van der Waals surface area contributed by atoms with E-state index in [0.717, 1.165) is 5.56 Å². The molecule has 1 amide bonds.